The third kappa shape index (κ3) is 3.04. The molecule has 0 spiro atoms. The summed E-state index contributed by atoms with van der Waals surface area (Å²) in [6, 6.07) is 14.2. The molecule has 5 heteroatoms. The first kappa shape index (κ1) is 15.6. The van der Waals surface area contributed by atoms with Gasteiger partial charge >= 0.3 is 0 Å². The molecule has 0 saturated heterocycles. The molecular weight excluding hydrogens is 334 g/mol. The van der Waals surface area contributed by atoms with Crippen LogP contribution in [0.1, 0.15) is 17.8 Å². The summed E-state index contributed by atoms with van der Waals surface area (Å²) < 4.78 is 1.79. The van der Waals surface area contributed by atoms with Crippen molar-refractivity contribution in [1.82, 2.24) is 19.6 Å². The molecule has 5 nitrogen and oxygen atoms in total. The van der Waals surface area contributed by atoms with E-state index in [2.05, 4.69) is 45.4 Å². The molecule has 3 aromatic heterocycles. The summed E-state index contributed by atoms with van der Waals surface area (Å²) in [4.78, 5) is 13.8. The van der Waals surface area contributed by atoms with Gasteiger partial charge in [0.05, 0.1) is 16.9 Å². The highest BCUT2D eigenvalue weighted by molar-refractivity contribution is 6.07. The zero-order chi connectivity index (χ0) is 18.1. The van der Waals surface area contributed by atoms with Gasteiger partial charge in [-0.2, -0.15) is 0 Å². The van der Waals surface area contributed by atoms with Crippen LogP contribution in [0, 0.1) is 0 Å². The Hall–Kier alpha value is -3.60. The highest BCUT2D eigenvalue weighted by Gasteiger charge is 2.07. The monoisotopic (exact) mass is 351 g/mol. The number of rotatable bonds is 2. The molecule has 0 atom stereocenters. The molecule has 1 aliphatic rings. The number of allylic oxidation sites excluding steroid dienone is 3. The van der Waals surface area contributed by atoms with E-state index in [1.54, 1.807) is 10.7 Å². The van der Waals surface area contributed by atoms with Crippen LogP contribution in [0.3, 0.4) is 0 Å². The standard InChI is InChI=1S/C22H17N5/c1-3-8-17(24-19-10-4-2-7-16(19)6-1)11-12-21-25-22-18-9-5-14-23-20(18)13-15-27(22)26-21/h2-5,7-15H,1,6H2. The van der Waals surface area contributed by atoms with E-state index >= 15 is 0 Å². The van der Waals surface area contributed by atoms with Crippen molar-refractivity contribution in [3.63, 3.8) is 0 Å². The first-order valence-electron chi connectivity index (χ1n) is 8.98. The lowest BCUT2D eigenvalue weighted by Crippen LogP contribution is -1.94. The maximum atomic E-state index is 4.79. The summed E-state index contributed by atoms with van der Waals surface area (Å²) in [5.74, 6) is 0.651. The first-order chi connectivity index (χ1) is 13.4. The molecule has 1 aliphatic heterocycles. The molecule has 0 bridgehead atoms. The molecular formula is C22H17N5. The van der Waals surface area contributed by atoms with Gasteiger partial charge in [0.1, 0.15) is 0 Å². The van der Waals surface area contributed by atoms with Crippen LogP contribution in [0.25, 0.3) is 22.6 Å². The Labute approximate surface area is 156 Å². The molecule has 0 fully saturated rings. The Morgan fingerprint density at radius 3 is 2.96 bits per heavy atom. The Morgan fingerprint density at radius 1 is 1.00 bits per heavy atom. The van der Waals surface area contributed by atoms with E-state index in [-0.39, 0.29) is 0 Å². The number of nitrogens with zero attached hydrogens (tertiary/aromatic N) is 5. The molecule has 0 radical (unpaired) electrons. The number of aryl methyl sites for hydroxylation is 1. The lowest BCUT2D eigenvalue weighted by atomic mass is 10.1. The van der Waals surface area contributed by atoms with Crippen molar-refractivity contribution < 1.29 is 0 Å². The van der Waals surface area contributed by atoms with Crippen LogP contribution in [0.15, 0.2) is 78.1 Å². The fourth-order valence-corrected chi connectivity index (χ4v) is 3.28. The number of aliphatic imine (C=N–C) groups is 1. The second kappa shape index (κ2) is 6.61. The molecule has 0 N–H and O–H groups in total. The van der Waals surface area contributed by atoms with E-state index in [4.69, 9.17) is 4.99 Å². The van der Waals surface area contributed by atoms with E-state index in [1.165, 1.54) is 5.56 Å². The van der Waals surface area contributed by atoms with Crippen LogP contribution in [-0.4, -0.2) is 25.3 Å². The van der Waals surface area contributed by atoms with Crippen LogP contribution in [0.4, 0.5) is 5.69 Å². The summed E-state index contributed by atoms with van der Waals surface area (Å²) in [5.41, 5.74) is 4.92. The number of fused-ring (bicyclic) bond motifs is 4. The summed E-state index contributed by atoms with van der Waals surface area (Å²) >= 11 is 0. The third-order valence-corrected chi connectivity index (χ3v) is 4.61. The Morgan fingerprint density at radius 2 is 1.96 bits per heavy atom. The molecule has 0 unspecified atom stereocenters. The molecule has 0 amide bonds. The summed E-state index contributed by atoms with van der Waals surface area (Å²) in [6.07, 6.45) is 13.8. The molecule has 0 saturated carbocycles. The number of hydrogen-bond acceptors (Lipinski definition) is 4. The minimum atomic E-state index is 0.651. The van der Waals surface area contributed by atoms with Crippen LogP contribution in [0.2, 0.25) is 0 Å². The van der Waals surface area contributed by atoms with Gasteiger partial charge in [-0.3, -0.25) is 4.98 Å². The van der Waals surface area contributed by atoms with Crippen LogP contribution >= 0.6 is 0 Å². The number of hydrogen-bond donors (Lipinski definition) is 0. The van der Waals surface area contributed by atoms with E-state index in [0.29, 0.717) is 5.82 Å². The van der Waals surface area contributed by atoms with Crippen molar-refractivity contribution >= 4 is 34.0 Å². The highest BCUT2D eigenvalue weighted by Crippen LogP contribution is 2.23. The molecule has 130 valence electrons. The normalized spacial score (nSPS) is 14.3. The molecule has 4 heterocycles. The fourth-order valence-electron chi connectivity index (χ4n) is 3.28. The second-order valence-electron chi connectivity index (χ2n) is 6.43. The zero-order valence-electron chi connectivity index (χ0n) is 14.7. The Balaban J connectivity index is 1.53. The van der Waals surface area contributed by atoms with Gasteiger partial charge in [-0.25, -0.2) is 14.5 Å². The SMILES string of the molecule is C1=CC(C=Cc2nc3c4cccnc4ccn3n2)=Nc2ccccc2CC1. The van der Waals surface area contributed by atoms with Crippen molar-refractivity contribution in [1.29, 1.82) is 0 Å². The van der Waals surface area contributed by atoms with Gasteiger partial charge in [0.25, 0.3) is 0 Å². The van der Waals surface area contributed by atoms with Crippen molar-refractivity contribution in [2.24, 2.45) is 4.99 Å². The van der Waals surface area contributed by atoms with Crippen molar-refractivity contribution in [3.05, 3.63) is 84.5 Å². The quantitative estimate of drug-likeness (QED) is 0.532. The number of aromatic nitrogens is 4. The van der Waals surface area contributed by atoms with E-state index in [9.17, 15) is 0 Å². The average Bonchev–Trinajstić information content (AvgIpc) is 3.11. The number of pyridine rings is 2. The number of benzene rings is 1. The molecule has 27 heavy (non-hydrogen) atoms. The summed E-state index contributed by atoms with van der Waals surface area (Å²) in [6.45, 7) is 0. The molecule has 0 aliphatic carbocycles. The minimum absolute atomic E-state index is 0.651. The predicted molar refractivity (Wildman–Crippen MR) is 108 cm³/mol. The first-order valence-corrected chi connectivity index (χ1v) is 8.98. The Kier molecular flexibility index (Phi) is 3.83. The van der Waals surface area contributed by atoms with Gasteiger partial charge in [-0.15, -0.1) is 5.10 Å². The maximum Gasteiger partial charge on any atom is 0.175 e. The smallest absolute Gasteiger partial charge is 0.175 e. The second-order valence-corrected chi connectivity index (χ2v) is 6.43. The van der Waals surface area contributed by atoms with Gasteiger partial charge < -0.3 is 0 Å². The van der Waals surface area contributed by atoms with E-state index in [1.807, 2.05) is 42.6 Å². The van der Waals surface area contributed by atoms with Crippen molar-refractivity contribution in [2.45, 2.75) is 12.8 Å². The Bertz CT molecular complexity index is 1230. The highest BCUT2D eigenvalue weighted by atomic mass is 15.3. The largest absolute Gasteiger partial charge is 0.256 e. The molecule has 5 rings (SSSR count). The van der Waals surface area contributed by atoms with Gasteiger partial charge in [0.2, 0.25) is 0 Å². The zero-order valence-corrected chi connectivity index (χ0v) is 14.7. The molecule has 1 aromatic carbocycles. The van der Waals surface area contributed by atoms with Gasteiger partial charge in [0.15, 0.2) is 11.5 Å². The van der Waals surface area contributed by atoms with Crippen LogP contribution < -0.4 is 0 Å². The minimum Gasteiger partial charge on any atom is -0.256 e. The van der Waals surface area contributed by atoms with Crippen LogP contribution in [0.5, 0.6) is 0 Å². The number of para-hydroxylation sites is 1. The van der Waals surface area contributed by atoms with Crippen LogP contribution in [-0.2, 0) is 6.42 Å². The average molecular weight is 351 g/mol. The topological polar surface area (TPSA) is 55.4 Å². The van der Waals surface area contributed by atoms with Gasteiger partial charge in [-0.1, -0.05) is 24.3 Å². The van der Waals surface area contributed by atoms with Crippen molar-refractivity contribution in [3.8, 4) is 0 Å². The summed E-state index contributed by atoms with van der Waals surface area (Å²) in [5, 5.41) is 5.54. The summed E-state index contributed by atoms with van der Waals surface area (Å²) in [7, 11) is 0. The maximum absolute atomic E-state index is 4.79. The molecule has 4 aromatic rings. The predicted octanol–water partition coefficient (Wildman–Crippen LogP) is 4.57. The van der Waals surface area contributed by atoms with Gasteiger partial charge in [-0.05, 0) is 60.9 Å². The van der Waals surface area contributed by atoms with E-state index in [0.717, 1.165) is 40.8 Å². The third-order valence-electron chi connectivity index (χ3n) is 4.61. The van der Waals surface area contributed by atoms with Crippen molar-refractivity contribution in [2.75, 3.05) is 0 Å². The fraction of sp³-hybridized carbons (Fsp3) is 0.0909. The van der Waals surface area contributed by atoms with E-state index < -0.39 is 0 Å². The van der Waals surface area contributed by atoms with Gasteiger partial charge in [0, 0.05) is 17.8 Å². The lowest BCUT2D eigenvalue weighted by Gasteiger charge is -2.07. The lowest BCUT2D eigenvalue weighted by molar-refractivity contribution is 0.957.